The number of anilines is 4. The van der Waals surface area contributed by atoms with Gasteiger partial charge in [0.2, 0.25) is 5.95 Å². The van der Waals surface area contributed by atoms with Crippen molar-refractivity contribution in [1.82, 2.24) is 25.6 Å². The Kier molecular flexibility index (Phi) is 9.51. The Morgan fingerprint density at radius 2 is 1.84 bits per heavy atom. The molecular formula is C29H40FN7O. The van der Waals surface area contributed by atoms with Crippen molar-refractivity contribution in [1.29, 1.82) is 0 Å². The maximum atomic E-state index is 13.4. The Hall–Kier alpha value is -3.43. The molecule has 0 atom stereocenters. The van der Waals surface area contributed by atoms with Crippen LogP contribution in [-0.4, -0.2) is 47.5 Å². The summed E-state index contributed by atoms with van der Waals surface area (Å²) in [7, 11) is 1.95. The van der Waals surface area contributed by atoms with Gasteiger partial charge >= 0.3 is 0 Å². The van der Waals surface area contributed by atoms with Crippen LogP contribution in [0.1, 0.15) is 68.7 Å². The van der Waals surface area contributed by atoms with Gasteiger partial charge in [-0.25, -0.2) is 4.98 Å². The Morgan fingerprint density at radius 1 is 1.13 bits per heavy atom. The summed E-state index contributed by atoms with van der Waals surface area (Å²) in [5.74, 6) is 0.732. The van der Waals surface area contributed by atoms with Crippen LogP contribution in [0.3, 0.4) is 0 Å². The fraction of sp³-hybridized carbons (Fsp3) is 0.448. The van der Waals surface area contributed by atoms with Gasteiger partial charge in [-0.15, -0.1) is 0 Å². The zero-order valence-corrected chi connectivity index (χ0v) is 23.4. The topological polar surface area (TPSA) is 104 Å². The zero-order chi connectivity index (χ0) is 27.9. The number of hydrogen-bond donors (Lipinski definition) is 4. The molecule has 0 unspecified atom stereocenters. The average Bonchev–Trinajstić information content (AvgIpc) is 2.89. The standard InChI is InChI=1S/C25H29FN6O.C4H11N/c1-24(2,15-26)21-12-19(8-9-27-21)30-22-17(14-33)13-28-23(32-22)31-18-5-6-20-16(11-18)7-10-29-25(20,3)4;1-4(2)5-3/h5-6,8-9,11-14,29H,7,10,15H2,1-4H3,(H2,27,28,30,31,32);4-5H,1-3H3. The van der Waals surface area contributed by atoms with Gasteiger partial charge in [0, 0.05) is 40.8 Å². The Morgan fingerprint density at radius 3 is 2.50 bits per heavy atom. The molecule has 38 heavy (non-hydrogen) atoms. The summed E-state index contributed by atoms with van der Waals surface area (Å²) in [6.45, 7) is 12.6. The molecule has 0 radical (unpaired) electrons. The van der Waals surface area contributed by atoms with Gasteiger partial charge in [0.25, 0.3) is 0 Å². The largest absolute Gasteiger partial charge is 0.339 e. The SMILES string of the molecule is CC(C)(CF)c1cc(Nc2nc(Nc3ccc4c(c3)CCNC4(C)C)ncc2C=O)ccn1.CNC(C)C. The molecule has 8 nitrogen and oxygen atoms in total. The molecule has 0 aliphatic carbocycles. The molecule has 4 rings (SSSR count). The number of nitrogens with zero attached hydrogens (tertiary/aromatic N) is 3. The van der Waals surface area contributed by atoms with E-state index in [2.05, 4.69) is 76.0 Å². The van der Waals surface area contributed by atoms with Gasteiger partial charge in [-0.2, -0.15) is 4.98 Å². The molecule has 1 aliphatic heterocycles. The number of nitrogens with one attached hydrogen (secondary N) is 4. The fourth-order valence-electron chi connectivity index (χ4n) is 3.94. The van der Waals surface area contributed by atoms with Crippen molar-refractivity contribution in [2.75, 3.05) is 30.9 Å². The van der Waals surface area contributed by atoms with E-state index in [1.165, 1.54) is 17.3 Å². The fourth-order valence-corrected chi connectivity index (χ4v) is 3.94. The summed E-state index contributed by atoms with van der Waals surface area (Å²) in [4.78, 5) is 24.7. The summed E-state index contributed by atoms with van der Waals surface area (Å²) in [6.07, 6.45) is 4.74. The highest BCUT2D eigenvalue weighted by molar-refractivity contribution is 5.84. The number of aldehydes is 1. The maximum absolute atomic E-state index is 13.4. The van der Waals surface area contributed by atoms with E-state index in [0.717, 1.165) is 18.7 Å². The summed E-state index contributed by atoms with van der Waals surface area (Å²) in [5.41, 5.74) is 4.27. The number of pyridine rings is 1. The molecule has 9 heteroatoms. The third-order valence-electron chi connectivity index (χ3n) is 6.57. The molecule has 0 saturated carbocycles. The molecule has 1 aromatic carbocycles. The number of aromatic nitrogens is 3. The van der Waals surface area contributed by atoms with E-state index >= 15 is 0 Å². The average molecular weight is 522 g/mol. The van der Waals surface area contributed by atoms with Crippen LogP contribution in [0.15, 0.2) is 42.7 Å². The van der Waals surface area contributed by atoms with Gasteiger partial charge < -0.3 is 21.3 Å². The highest BCUT2D eigenvalue weighted by atomic mass is 19.1. The number of fused-ring (bicyclic) bond motifs is 1. The minimum absolute atomic E-state index is 0.0641. The molecule has 0 fully saturated rings. The number of halogens is 1. The molecule has 0 bridgehead atoms. The lowest BCUT2D eigenvalue weighted by atomic mass is 9.85. The van der Waals surface area contributed by atoms with Gasteiger partial charge in [-0.05, 0) is 69.3 Å². The monoisotopic (exact) mass is 521 g/mol. The van der Waals surface area contributed by atoms with Gasteiger partial charge in [-0.3, -0.25) is 14.2 Å². The first-order valence-electron chi connectivity index (χ1n) is 12.9. The van der Waals surface area contributed by atoms with Crippen LogP contribution in [0.4, 0.5) is 27.5 Å². The van der Waals surface area contributed by atoms with E-state index in [4.69, 9.17) is 0 Å². The van der Waals surface area contributed by atoms with Crippen LogP contribution in [0.25, 0.3) is 0 Å². The first-order chi connectivity index (χ1) is 18.0. The second kappa shape index (κ2) is 12.4. The normalized spacial score (nSPS) is 14.2. The molecule has 3 aromatic rings. The molecular weight excluding hydrogens is 481 g/mol. The Labute approximate surface area is 225 Å². The third kappa shape index (κ3) is 7.33. The van der Waals surface area contributed by atoms with Crippen molar-refractivity contribution in [3.63, 3.8) is 0 Å². The van der Waals surface area contributed by atoms with Crippen LogP contribution in [0, 0.1) is 0 Å². The summed E-state index contributed by atoms with van der Waals surface area (Å²) in [6, 6.07) is 10.4. The van der Waals surface area contributed by atoms with Crippen LogP contribution in [0.5, 0.6) is 0 Å². The number of benzene rings is 1. The number of carbonyl (C=O) groups is 1. The van der Waals surface area contributed by atoms with Crippen LogP contribution in [0.2, 0.25) is 0 Å². The summed E-state index contributed by atoms with van der Waals surface area (Å²) >= 11 is 0. The van der Waals surface area contributed by atoms with E-state index in [9.17, 15) is 9.18 Å². The summed E-state index contributed by atoms with van der Waals surface area (Å²) in [5, 5.41) is 13.0. The second-order valence-corrected chi connectivity index (χ2v) is 10.9. The molecule has 204 valence electrons. The van der Waals surface area contributed by atoms with E-state index in [-0.39, 0.29) is 5.54 Å². The predicted molar refractivity (Wildman–Crippen MR) is 153 cm³/mol. The quantitative estimate of drug-likeness (QED) is 0.292. The number of alkyl halides is 1. The Bertz CT molecular complexity index is 1240. The van der Waals surface area contributed by atoms with Crippen molar-refractivity contribution in [2.45, 2.75) is 65.0 Å². The first kappa shape index (κ1) is 29.1. The first-order valence-corrected chi connectivity index (χ1v) is 12.9. The van der Waals surface area contributed by atoms with Crippen molar-refractivity contribution in [2.24, 2.45) is 0 Å². The Balaban J connectivity index is 0.000000732. The number of rotatable bonds is 8. The molecule has 0 saturated heterocycles. The van der Waals surface area contributed by atoms with E-state index in [1.54, 1.807) is 32.2 Å². The van der Waals surface area contributed by atoms with Crippen molar-refractivity contribution < 1.29 is 9.18 Å². The molecule has 2 aromatic heterocycles. The zero-order valence-electron chi connectivity index (χ0n) is 23.4. The lowest BCUT2D eigenvalue weighted by Crippen LogP contribution is -2.42. The van der Waals surface area contributed by atoms with Crippen LogP contribution >= 0.6 is 0 Å². The van der Waals surface area contributed by atoms with Crippen molar-refractivity contribution >= 4 is 29.4 Å². The molecule has 0 amide bonds. The van der Waals surface area contributed by atoms with Crippen molar-refractivity contribution in [3.8, 4) is 0 Å². The highest BCUT2D eigenvalue weighted by Crippen LogP contribution is 2.31. The van der Waals surface area contributed by atoms with E-state index in [0.29, 0.717) is 41.0 Å². The van der Waals surface area contributed by atoms with E-state index < -0.39 is 12.1 Å². The number of hydrogen-bond acceptors (Lipinski definition) is 8. The van der Waals surface area contributed by atoms with Gasteiger partial charge in [0.05, 0.1) is 11.3 Å². The lowest BCUT2D eigenvalue weighted by molar-refractivity contribution is 0.112. The molecule has 4 N–H and O–H groups in total. The minimum Gasteiger partial charge on any atom is -0.339 e. The van der Waals surface area contributed by atoms with Crippen molar-refractivity contribution in [3.05, 3.63) is 65.1 Å². The van der Waals surface area contributed by atoms with Crippen LogP contribution in [-0.2, 0) is 17.4 Å². The minimum atomic E-state index is -0.708. The summed E-state index contributed by atoms with van der Waals surface area (Å²) < 4.78 is 13.4. The van der Waals surface area contributed by atoms with E-state index in [1.807, 2.05) is 13.1 Å². The lowest BCUT2D eigenvalue weighted by Gasteiger charge is -2.34. The van der Waals surface area contributed by atoms with Gasteiger partial charge in [-0.1, -0.05) is 33.8 Å². The number of carbonyl (C=O) groups excluding carboxylic acids is 1. The van der Waals surface area contributed by atoms with Gasteiger partial charge in [0.15, 0.2) is 6.29 Å². The van der Waals surface area contributed by atoms with Gasteiger partial charge in [0.1, 0.15) is 12.5 Å². The molecule has 0 spiro atoms. The molecule has 1 aliphatic rings. The smallest absolute Gasteiger partial charge is 0.229 e. The highest BCUT2D eigenvalue weighted by Gasteiger charge is 2.26. The third-order valence-corrected chi connectivity index (χ3v) is 6.57. The van der Waals surface area contributed by atoms with Crippen LogP contribution < -0.4 is 21.3 Å². The second-order valence-electron chi connectivity index (χ2n) is 10.9. The maximum Gasteiger partial charge on any atom is 0.229 e. The predicted octanol–water partition coefficient (Wildman–Crippen LogP) is 5.41. The molecule has 3 heterocycles.